The summed E-state index contributed by atoms with van der Waals surface area (Å²) in [4.78, 5) is 12.5. The molecule has 4 unspecified atom stereocenters. The largest absolute Gasteiger partial charge is 0.394 e. The fourth-order valence-electron chi connectivity index (χ4n) is 8.05. The highest BCUT2D eigenvalue weighted by Crippen LogP contribution is 2.17. The monoisotopic (exact) mass is 820 g/mol. The lowest BCUT2D eigenvalue weighted by molar-refractivity contribution is -0.132. The van der Waals surface area contributed by atoms with E-state index in [1.54, 1.807) is 0 Å². The van der Waals surface area contributed by atoms with Gasteiger partial charge in [0.1, 0.15) is 12.2 Å². The third-order valence-electron chi connectivity index (χ3n) is 12.1. The van der Waals surface area contributed by atoms with Gasteiger partial charge in [-0.15, -0.1) is 0 Å². The van der Waals surface area contributed by atoms with Crippen LogP contribution in [0.25, 0.3) is 0 Å². The van der Waals surface area contributed by atoms with E-state index in [-0.39, 0.29) is 0 Å². The first kappa shape index (κ1) is 56.8. The molecule has 4 atom stereocenters. The Morgan fingerprint density at radius 3 is 1.03 bits per heavy atom. The Morgan fingerprint density at radius 2 is 0.707 bits per heavy atom. The molecule has 1 amide bonds. The maximum absolute atomic E-state index is 12.5. The zero-order chi connectivity index (χ0) is 42.4. The van der Waals surface area contributed by atoms with Gasteiger partial charge in [0.2, 0.25) is 5.91 Å². The van der Waals surface area contributed by atoms with Crippen molar-refractivity contribution in [2.24, 2.45) is 0 Å². The van der Waals surface area contributed by atoms with Crippen LogP contribution in [0.4, 0.5) is 0 Å². The molecule has 0 spiro atoms. The molecule has 0 aromatic rings. The topological polar surface area (TPSA) is 110 Å². The second-order valence-corrected chi connectivity index (χ2v) is 17.9. The van der Waals surface area contributed by atoms with Crippen LogP contribution in [0.2, 0.25) is 0 Å². The van der Waals surface area contributed by atoms with E-state index in [0.29, 0.717) is 12.8 Å². The highest BCUT2D eigenvalue weighted by Gasteiger charge is 2.28. The number of carbonyl (C=O) groups excluding carboxylic acids is 1. The molecular formula is C52H101NO5. The number of unbranched alkanes of at least 4 members (excludes halogenated alkanes) is 34. The second-order valence-electron chi connectivity index (χ2n) is 17.9. The molecule has 6 nitrogen and oxygen atoms in total. The first-order chi connectivity index (χ1) is 28.5. The van der Waals surface area contributed by atoms with Gasteiger partial charge in [0, 0.05) is 0 Å². The first-order valence-corrected chi connectivity index (χ1v) is 25.7. The van der Waals surface area contributed by atoms with Crippen molar-refractivity contribution in [2.75, 3.05) is 6.61 Å². The van der Waals surface area contributed by atoms with Gasteiger partial charge in [-0.3, -0.25) is 4.79 Å². The van der Waals surface area contributed by atoms with Gasteiger partial charge in [-0.05, 0) is 64.2 Å². The fraction of sp³-hybridized carbons (Fsp3) is 0.904. The molecule has 0 rings (SSSR count). The highest BCUT2D eigenvalue weighted by atomic mass is 16.3. The molecule has 0 heterocycles. The molecular weight excluding hydrogens is 719 g/mol. The predicted octanol–water partition coefficient (Wildman–Crippen LogP) is 14.3. The van der Waals surface area contributed by atoms with Crippen molar-refractivity contribution in [3.05, 3.63) is 24.3 Å². The molecule has 6 heteroatoms. The van der Waals surface area contributed by atoms with Gasteiger partial charge in [0.25, 0.3) is 0 Å². The number of carbonyl (C=O) groups is 1. The molecule has 0 aliphatic carbocycles. The summed E-state index contributed by atoms with van der Waals surface area (Å²) < 4.78 is 0. The molecule has 0 aliphatic rings. The maximum atomic E-state index is 12.5. The minimum atomic E-state index is -1.28. The Balaban J connectivity index is 3.66. The molecule has 0 saturated carbocycles. The van der Waals surface area contributed by atoms with Crippen molar-refractivity contribution in [1.82, 2.24) is 5.32 Å². The van der Waals surface area contributed by atoms with Gasteiger partial charge in [0.15, 0.2) is 0 Å². The van der Waals surface area contributed by atoms with E-state index >= 15 is 0 Å². The smallest absolute Gasteiger partial charge is 0.249 e. The van der Waals surface area contributed by atoms with Gasteiger partial charge in [0.05, 0.1) is 18.8 Å². The van der Waals surface area contributed by atoms with Crippen molar-refractivity contribution in [3.8, 4) is 0 Å². The summed E-state index contributed by atoms with van der Waals surface area (Å²) in [6.07, 6.45) is 55.3. The SMILES string of the molecule is CCCCCCCCC/C=C\CCCCCCC(O)C(=O)NC(CO)C(O)C(O)CCC/C=C/CCCCCCCCCCCCCCCCCCCCCCCC. The third-order valence-corrected chi connectivity index (χ3v) is 12.1. The Kier molecular flexibility index (Phi) is 45.9. The van der Waals surface area contributed by atoms with Crippen LogP contribution in [0.5, 0.6) is 0 Å². The third kappa shape index (κ3) is 40.2. The lowest BCUT2D eigenvalue weighted by Gasteiger charge is -2.27. The van der Waals surface area contributed by atoms with Gasteiger partial charge >= 0.3 is 0 Å². The Morgan fingerprint density at radius 1 is 0.414 bits per heavy atom. The molecule has 344 valence electrons. The zero-order valence-corrected chi connectivity index (χ0v) is 38.8. The number of aliphatic hydroxyl groups excluding tert-OH is 4. The number of hydrogen-bond donors (Lipinski definition) is 5. The van der Waals surface area contributed by atoms with Crippen LogP contribution >= 0.6 is 0 Å². The van der Waals surface area contributed by atoms with E-state index < -0.39 is 36.9 Å². The molecule has 0 aliphatic heterocycles. The lowest BCUT2D eigenvalue weighted by atomic mass is 10.00. The predicted molar refractivity (Wildman–Crippen MR) is 251 cm³/mol. The van der Waals surface area contributed by atoms with E-state index in [1.165, 1.54) is 193 Å². The van der Waals surface area contributed by atoms with E-state index in [9.17, 15) is 25.2 Å². The minimum absolute atomic E-state index is 0.350. The molecule has 5 N–H and O–H groups in total. The van der Waals surface area contributed by atoms with Gasteiger partial charge < -0.3 is 25.7 Å². The molecule has 58 heavy (non-hydrogen) atoms. The van der Waals surface area contributed by atoms with E-state index in [2.05, 4.69) is 43.5 Å². The van der Waals surface area contributed by atoms with Crippen LogP contribution in [0, 0.1) is 0 Å². The summed E-state index contributed by atoms with van der Waals surface area (Å²) in [5.74, 6) is -0.600. The van der Waals surface area contributed by atoms with Crippen LogP contribution < -0.4 is 5.32 Å². The molecule has 0 saturated heterocycles. The fourth-order valence-corrected chi connectivity index (χ4v) is 8.05. The number of aliphatic hydroxyl groups is 4. The summed E-state index contributed by atoms with van der Waals surface area (Å²) >= 11 is 0. The summed E-state index contributed by atoms with van der Waals surface area (Å²) in [5.41, 5.74) is 0. The average Bonchev–Trinajstić information content (AvgIpc) is 3.23. The minimum Gasteiger partial charge on any atom is -0.394 e. The molecule has 0 bridgehead atoms. The molecule has 0 aromatic carbocycles. The highest BCUT2D eigenvalue weighted by molar-refractivity contribution is 5.80. The van der Waals surface area contributed by atoms with Gasteiger partial charge in [-0.1, -0.05) is 231 Å². The van der Waals surface area contributed by atoms with E-state index in [1.807, 2.05) is 0 Å². The lowest BCUT2D eigenvalue weighted by Crippen LogP contribution is -2.53. The van der Waals surface area contributed by atoms with Gasteiger partial charge in [-0.2, -0.15) is 0 Å². The van der Waals surface area contributed by atoms with Crippen LogP contribution in [-0.4, -0.2) is 57.3 Å². The Labute approximate surface area is 361 Å². The van der Waals surface area contributed by atoms with E-state index in [0.717, 1.165) is 51.4 Å². The summed E-state index contributed by atoms with van der Waals surface area (Å²) in [5, 5.41) is 43.8. The second kappa shape index (κ2) is 46.8. The quantitative estimate of drug-likeness (QED) is 0.0310. The summed E-state index contributed by atoms with van der Waals surface area (Å²) in [6.45, 7) is 4.05. The molecule has 0 radical (unpaired) electrons. The van der Waals surface area contributed by atoms with Crippen LogP contribution in [0.15, 0.2) is 24.3 Å². The molecule has 0 aromatic heterocycles. The molecule has 0 fully saturated rings. The van der Waals surface area contributed by atoms with E-state index in [4.69, 9.17) is 0 Å². The number of hydrogen-bond acceptors (Lipinski definition) is 5. The Bertz CT molecular complexity index is 878. The standard InChI is InChI=1S/C52H101NO5/c1-3-5-7-9-11-13-15-17-19-20-21-22-23-24-25-26-27-28-29-30-32-33-35-37-39-41-43-45-49(55)51(57)48(47-54)53-52(58)50(56)46-44-42-40-38-36-34-31-18-16-14-12-10-8-6-4-2/h31,34,37,39,48-51,54-57H,3-30,32-33,35-36,38,40-47H2,1-2H3,(H,53,58)/b34-31-,39-37+. The van der Waals surface area contributed by atoms with Crippen molar-refractivity contribution >= 4 is 5.91 Å². The maximum Gasteiger partial charge on any atom is 0.249 e. The van der Waals surface area contributed by atoms with Crippen LogP contribution in [0.3, 0.4) is 0 Å². The number of nitrogens with one attached hydrogen (secondary N) is 1. The van der Waals surface area contributed by atoms with Crippen molar-refractivity contribution in [1.29, 1.82) is 0 Å². The number of rotatable bonds is 47. The van der Waals surface area contributed by atoms with Crippen LogP contribution in [0.1, 0.15) is 271 Å². The van der Waals surface area contributed by atoms with Crippen molar-refractivity contribution in [2.45, 2.75) is 295 Å². The summed E-state index contributed by atoms with van der Waals surface area (Å²) in [7, 11) is 0. The first-order valence-electron chi connectivity index (χ1n) is 25.7. The zero-order valence-electron chi connectivity index (χ0n) is 38.8. The van der Waals surface area contributed by atoms with Gasteiger partial charge in [-0.25, -0.2) is 0 Å². The average molecular weight is 820 g/mol. The number of amides is 1. The van der Waals surface area contributed by atoms with Crippen molar-refractivity contribution in [3.63, 3.8) is 0 Å². The normalized spacial score (nSPS) is 14.1. The Hall–Kier alpha value is -1.21. The van der Waals surface area contributed by atoms with Crippen LogP contribution in [-0.2, 0) is 4.79 Å². The number of allylic oxidation sites excluding steroid dienone is 4. The van der Waals surface area contributed by atoms with Crippen molar-refractivity contribution < 1.29 is 25.2 Å². The summed E-state index contributed by atoms with van der Waals surface area (Å²) in [6, 6.07) is -1.01.